The van der Waals surface area contributed by atoms with Gasteiger partial charge in [-0.1, -0.05) is 12.5 Å². The highest BCUT2D eigenvalue weighted by atomic mass is 32.2. The molecular weight excluding hydrogens is 378 g/mol. The van der Waals surface area contributed by atoms with Gasteiger partial charge in [-0.2, -0.15) is 0 Å². The van der Waals surface area contributed by atoms with Crippen LogP contribution in [0.25, 0.3) is 10.2 Å². The average Bonchev–Trinajstić information content (AvgIpc) is 2.84. The number of nitrogens with zero attached hydrogens (tertiary/aromatic N) is 2. The number of aryl methyl sites for hydroxylation is 2. The predicted molar refractivity (Wildman–Crippen MR) is 112 cm³/mol. The molecule has 0 saturated heterocycles. The molecule has 0 saturated carbocycles. The number of carbonyl (C=O) groups excluding carboxylic acids is 1. The van der Waals surface area contributed by atoms with Gasteiger partial charge in [0.1, 0.15) is 10.7 Å². The smallest absolute Gasteiger partial charge is 0.266 e. The zero-order valence-corrected chi connectivity index (χ0v) is 17.0. The Kier molecular flexibility index (Phi) is 5.06. The van der Waals surface area contributed by atoms with Crippen LogP contribution in [0.4, 0.5) is 5.69 Å². The number of aromatic nitrogens is 2. The number of hydrogen-bond acceptors (Lipinski definition) is 5. The van der Waals surface area contributed by atoms with Crippen LogP contribution in [0.2, 0.25) is 0 Å². The average molecular weight is 400 g/mol. The maximum Gasteiger partial charge on any atom is 0.266 e. The van der Waals surface area contributed by atoms with Gasteiger partial charge in [0.05, 0.1) is 10.3 Å². The van der Waals surface area contributed by atoms with Crippen LogP contribution in [0, 0.1) is 6.92 Å². The number of fused-ring (bicyclic) bond motifs is 2. The minimum absolute atomic E-state index is 0.00548. The Morgan fingerprint density at radius 3 is 2.96 bits per heavy atom. The van der Waals surface area contributed by atoms with Crippen LogP contribution in [0.15, 0.2) is 34.0 Å². The van der Waals surface area contributed by atoms with Crippen LogP contribution in [-0.4, -0.2) is 21.7 Å². The number of benzene rings is 1. The third-order valence-electron chi connectivity index (χ3n) is 4.95. The molecule has 0 atom stereocenters. The van der Waals surface area contributed by atoms with Gasteiger partial charge in [0.2, 0.25) is 0 Å². The van der Waals surface area contributed by atoms with Gasteiger partial charge >= 0.3 is 0 Å². The van der Waals surface area contributed by atoms with Crippen molar-refractivity contribution in [2.75, 3.05) is 11.6 Å². The lowest BCUT2D eigenvalue weighted by Gasteiger charge is -2.08. The Bertz CT molecular complexity index is 1080. The SMILES string of the molecule is CSc1cccc(NC(=O)c2sc3nc4n(c(=O)c3c2C)CCCCC4)c1. The standard InChI is InChI=1S/C20H21N3O2S2/c1-12-16-19(22-15-9-4-3-5-10-23(15)20(16)25)27-17(12)18(24)21-13-7-6-8-14(11-13)26-2/h6-8,11H,3-5,9-10H2,1-2H3,(H,21,24). The molecule has 2 aromatic heterocycles. The molecule has 1 aromatic carbocycles. The number of hydrogen-bond donors (Lipinski definition) is 1. The highest BCUT2D eigenvalue weighted by molar-refractivity contribution is 7.98. The van der Waals surface area contributed by atoms with Crippen molar-refractivity contribution >= 4 is 44.9 Å². The lowest BCUT2D eigenvalue weighted by atomic mass is 10.2. The molecule has 3 heterocycles. The maximum atomic E-state index is 13.0. The Hall–Kier alpha value is -2.12. The summed E-state index contributed by atoms with van der Waals surface area (Å²) in [5.41, 5.74) is 1.48. The van der Waals surface area contributed by atoms with E-state index in [1.807, 2.05) is 37.4 Å². The van der Waals surface area contributed by atoms with Crippen LogP contribution in [0.3, 0.4) is 0 Å². The van der Waals surface area contributed by atoms with E-state index in [4.69, 9.17) is 4.98 Å². The normalized spacial score (nSPS) is 14.0. The number of rotatable bonds is 3. The second-order valence-electron chi connectivity index (χ2n) is 6.72. The van der Waals surface area contributed by atoms with Crippen molar-refractivity contribution in [1.29, 1.82) is 0 Å². The first-order chi connectivity index (χ1) is 13.1. The molecule has 7 heteroatoms. The number of thiophene rings is 1. The van der Waals surface area contributed by atoms with Crippen molar-refractivity contribution in [2.45, 2.75) is 44.0 Å². The lowest BCUT2D eigenvalue weighted by molar-refractivity contribution is 0.103. The summed E-state index contributed by atoms with van der Waals surface area (Å²) in [6, 6.07) is 7.74. The number of nitrogens with one attached hydrogen (secondary N) is 1. The summed E-state index contributed by atoms with van der Waals surface area (Å²) < 4.78 is 1.80. The van der Waals surface area contributed by atoms with Crippen molar-refractivity contribution in [3.8, 4) is 0 Å². The molecule has 1 aliphatic rings. The summed E-state index contributed by atoms with van der Waals surface area (Å²) in [7, 11) is 0. The van der Waals surface area contributed by atoms with Gasteiger partial charge < -0.3 is 5.32 Å². The van der Waals surface area contributed by atoms with Gasteiger partial charge in [-0.3, -0.25) is 14.2 Å². The fourth-order valence-corrected chi connectivity index (χ4v) is 5.06. The van der Waals surface area contributed by atoms with E-state index in [0.717, 1.165) is 54.2 Å². The van der Waals surface area contributed by atoms with Crippen LogP contribution in [-0.2, 0) is 13.0 Å². The summed E-state index contributed by atoms with van der Waals surface area (Å²) >= 11 is 2.94. The third kappa shape index (κ3) is 3.41. The number of anilines is 1. The Labute approximate surface area is 165 Å². The molecule has 0 radical (unpaired) electrons. The van der Waals surface area contributed by atoms with E-state index in [0.29, 0.717) is 15.1 Å². The second kappa shape index (κ2) is 7.48. The molecule has 0 bridgehead atoms. The van der Waals surface area contributed by atoms with Crippen molar-refractivity contribution in [2.24, 2.45) is 0 Å². The Morgan fingerprint density at radius 1 is 1.30 bits per heavy atom. The van der Waals surface area contributed by atoms with Gasteiger partial charge in [-0.15, -0.1) is 23.1 Å². The van der Waals surface area contributed by atoms with E-state index < -0.39 is 0 Å². The molecule has 0 unspecified atom stereocenters. The van der Waals surface area contributed by atoms with Crippen molar-refractivity contribution in [3.05, 3.63) is 50.9 Å². The molecule has 1 aliphatic heterocycles. The van der Waals surface area contributed by atoms with Gasteiger partial charge in [-0.05, 0) is 49.8 Å². The first-order valence-corrected chi connectivity index (χ1v) is 11.1. The number of carbonyl (C=O) groups is 1. The van der Waals surface area contributed by atoms with E-state index in [1.165, 1.54) is 11.3 Å². The van der Waals surface area contributed by atoms with Gasteiger partial charge in [0, 0.05) is 23.5 Å². The third-order valence-corrected chi connectivity index (χ3v) is 6.86. The van der Waals surface area contributed by atoms with Crippen LogP contribution >= 0.6 is 23.1 Å². The Morgan fingerprint density at radius 2 is 2.15 bits per heavy atom. The highest BCUT2D eigenvalue weighted by Crippen LogP contribution is 2.29. The van der Waals surface area contributed by atoms with E-state index in [2.05, 4.69) is 5.32 Å². The monoisotopic (exact) mass is 399 g/mol. The summed E-state index contributed by atoms with van der Waals surface area (Å²) in [6.45, 7) is 2.56. The maximum absolute atomic E-state index is 13.0. The minimum atomic E-state index is -0.187. The summed E-state index contributed by atoms with van der Waals surface area (Å²) in [6.07, 6.45) is 6.01. The molecule has 0 spiro atoms. The molecule has 1 N–H and O–H groups in total. The van der Waals surface area contributed by atoms with E-state index in [1.54, 1.807) is 16.3 Å². The lowest BCUT2D eigenvalue weighted by Crippen LogP contribution is -2.24. The van der Waals surface area contributed by atoms with E-state index in [9.17, 15) is 9.59 Å². The van der Waals surface area contributed by atoms with E-state index >= 15 is 0 Å². The highest BCUT2D eigenvalue weighted by Gasteiger charge is 2.22. The van der Waals surface area contributed by atoms with Crippen LogP contribution in [0.5, 0.6) is 0 Å². The molecule has 140 valence electrons. The van der Waals surface area contributed by atoms with Crippen LogP contribution < -0.4 is 10.9 Å². The zero-order valence-electron chi connectivity index (χ0n) is 15.4. The first kappa shape index (κ1) is 18.3. The van der Waals surface area contributed by atoms with Gasteiger partial charge in [-0.25, -0.2) is 4.98 Å². The second-order valence-corrected chi connectivity index (χ2v) is 8.60. The molecule has 3 aromatic rings. The zero-order chi connectivity index (χ0) is 19.0. The van der Waals surface area contributed by atoms with Crippen LogP contribution in [0.1, 0.15) is 40.3 Å². The van der Waals surface area contributed by atoms with Gasteiger partial charge in [0.25, 0.3) is 11.5 Å². The largest absolute Gasteiger partial charge is 0.321 e. The van der Waals surface area contributed by atoms with Crippen molar-refractivity contribution < 1.29 is 4.79 Å². The molecule has 1 amide bonds. The quantitative estimate of drug-likeness (QED) is 0.660. The fraction of sp³-hybridized carbons (Fsp3) is 0.350. The number of thioether (sulfide) groups is 1. The molecule has 0 fully saturated rings. The summed E-state index contributed by atoms with van der Waals surface area (Å²) in [5, 5.41) is 3.55. The number of amides is 1. The van der Waals surface area contributed by atoms with Gasteiger partial charge in [0.15, 0.2) is 0 Å². The predicted octanol–water partition coefficient (Wildman–Crippen LogP) is 4.47. The van der Waals surface area contributed by atoms with Crippen molar-refractivity contribution in [1.82, 2.24) is 9.55 Å². The summed E-state index contributed by atoms with van der Waals surface area (Å²) in [5.74, 6) is 0.666. The molecule has 5 nitrogen and oxygen atoms in total. The Balaban J connectivity index is 1.74. The molecule has 27 heavy (non-hydrogen) atoms. The molecular formula is C20H21N3O2S2. The fourth-order valence-electron chi connectivity index (χ4n) is 3.52. The first-order valence-electron chi connectivity index (χ1n) is 9.06. The van der Waals surface area contributed by atoms with E-state index in [-0.39, 0.29) is 11.5 Å². The minimum Gasteiger partial charge on any atom is -0.321 e. The topological polar surface area (TPSA) is 64.0 Å². The summed E-state index contributed by atoms with van der Waals surface area (Å²) in [4.78, 5) is 32.9. The molecule has 4 rings (SSSR count). The van der Waals surface area contributed by atoms with Crippen molar-refractivity contribution in [3.63, 3.8) is 0 Å². The molecule has 0 aliphatic carbocycles.